The molecular formula is C10H8N2O3S. The van der Waals surface area contributed by atoms with Gasteiger partial charge in [0.05, 0.1) is 7.11 Å². The van der Waals surface area contributed by atoms with Crippen molar-refractivity contribution in [3.8, 4) is 16.3 Å². The summed E-state index contributed by atoms with van der Waals surface area (Å²) in [6.07, 6.45) is 0. The molecule has 0 bridgehead atoms. The Hall–Kier alpha value is -1.95. The van der Waals surface area contributed by atoms with Crippen LogP contribution in [-0.2, 0) is 0 Å². The standard InChI is InChI=1S/C10H8N2O3S/c1-15-7-4-2-3-6(5-7)8-11-12-9(16-8)10(13)14/h2-5H,1H3,(H,13,14). The Morgan fingerprint density at radius 2 is 2.25 bits per heavy atom. The average molecular weight is 236 g/mol. The highest BCUT2D eigenvalue weighted by Gasteiger charge is 2.12. The van der Waals surface area contributed by atoms with Gasteiger partial charge in [0, 0.05) is 5.56 Å². The van der Waals surface area contributed by atoms with Gasteiger partial charge in [-0.05, 0) is 12.1 Å². The fourth-order valence-corrected chi connectivity index (χ4v) is 1.86. The van der Waals surface area contributed by atoms with E-state index in [-0.39, 0.29) is 5.01 Å². The summed E-state index contributed by atoms with van der Waals surface area (Å²) >= 11 is 1.04. The van der Waals surface area contributed by atoms with E-state index in [0.29, 0.717) is 10.8 Å². The van der Waals surface area contributed by atoms with Crippen molar-refractivity contribution in [1.29, 1.82) is 0 Å². The van der Waals surface area contributed by atoms with E-state index in [2.05, 4.69) is 10.2 Å². The van der Waals surface area contributed by atoms with Crippen LogP contribution in [0.4, 0.5) is 0 Å². The Balaban J connectivity index is 2.38. The molecule has 82 valence electrons. The van der Waals surface area contributed by atoms with Crippen LogP contribution < -0.4 is 4.74 Å². The monoisotopic (exact) mass is 236 g/mol. The first-order valence-corrected chi connectivity index (χ1v) is 5.23. The largest absolute Gasteiger partial charge is 0.497 e. The summed E-state index contributed by atoms with van der Waals surface area (Å²) in [7, 11) is 1.57. The first kappa shape index (κ1) is 10.6. The zero-order valence-electron chi connectivity index (χ0n) is 8.38. The Morgan fingerprint density at radius 3 is 2.88 bits per heavy atom. The molecule has 0 fully saturated rings. The minimum Gasteiger partial charge on any atom is -0.497 e. The molecule has 0 radical (unpaired) electrons. The number of carboxylic acid groups (broad SMARTS) is 1. The number of aromatic carboxylic acids is 1. The third-order valence-corrected chi connectivity index (χ3v) is 2.88. The number of rotatable bonds is 3. The number of carboxylic acids is 1. The second-order valence-corrected chi connectivity index (χ2v) is 3.93. The van der Waals surface area contributed by atoms with Crippen LogP contribution in [0, 0.1) is 0 Å². The lowest BCUT2D eigenvalue weighted by Gasteiger charge is -2.00. The minimum absolute atomic E-state index is 0.0159. The summed E-state index contributed by atoms with van der Waals surface area (Å²) in [4.78, 5) is 10.7. The summed E-state index contributed by atoms with van der Waals surface area (Å²) in [5.41, 5.74) is 0.796. The molecular weight excluding hydrogens is 228 g/mol. The Bertz CT molecular complexity index is 524. The summed E-state index contributed by atoms with van der Waals surface area (Å²) in [5.74, 6) is -0.365. The fourth-order valence-electron chi connectivity index (χ4n) is 1.18. The molecule has 0 aliphatic heterocycles. The summed E-state index contributed by atoms with van der Waals surface area (Å²) in [5, 5.41) is 16.7. The molecule has 6 heteroatoms. The van der Waals surface area contributed by atoms with Crippen LogP contribution in [0.5, 0.6) is 5.75 Å². The zero-order chi connectivity index (χ0) is 11.5. The molecule has 0 saturated heterocycles. The van der Waals surface area contributed by atoms with Gasteiger partial charge >= 0.3 is 5.97 Å². The van der Waals surface area contributed by atoms with E-state index < -0.39 is 5.97 Å². The highest BCUT2D eigenvalue weighted by atomic mass is 32.1. The number of hydrogen-bond acceptors (Lipinski definition) is 5. The first-order chi connectivity index (χ1) is 7.70. The smallest absolute Gasteiger partial charge is 0.367 e. The van der Waals surface area contributed by atoms with E-state index in [0.717, 1.165) is 16.9 Å². The van der Waals surface area contributed by atoms with Gasteiger partial charge in [0.2, 0.25) is 5.01 Å². The van der Waals surface area contributed by atoms with E-state index in [1.807, 2.05) is 18.2 Å². The third-order valence-electron chi connectivity index (χ3n) is 1.92. The normalized spacial score (nSPS) is 10.1. The third kappa shape index (κ3) is 2.01. The van der Waals surface area contributed by atoms with Crippen LogP contribution in [0.2, 0.25) is 0 Å². The van der Waals surface area contributed by atoms with E-state index in [4.69, 9.17) is 9.84 Å². The maximum Gasteiger partial charge on any atom is 0.367 e. The summed E-state index contributed by atoms with van der Waals surface area (Å²) < 4.78 is 5.07. The maximum atomic E-state index is 10.7. The molecule has 16 heavy (non-hydrogen) atoms. The van der Waals surface area contributed by atoms with Crippen molar-refractivity contribution >= 4 is 17.3 Å². The second kappa shape index (κ2) is 4.28. The van der Waals surface area contributed by atoms with Crippen LogP contribution in [0.1, 0.15) is 9.80 Å². The molecule has 5 nitrogen and oxygen atoms in total. The number of ether oxygens (including phenoxy) is 1. The highest BCUT2D eigenvalue weighted by Crippen LogP contribution is 2.26. The SMILES string of the molecule is COc1cccc(-c2nnc(C(=O)O)s2)c1. The Labute approximate surface area is 95.3 Å². The Kier molecular flexibility index (Phi) is 2.82. The number of nitrogens with zero attached hydrogens (tertiary/aromatic N) is 2. The predicted octanol–water partition coefficient (Wildman–Crippen LogP) is 1.91. The lowest BCUT2D eigenvalue weighted by atomic mass is 10.2. The van der Waals surface area contributed by atoms with Gasteiger partial charge in [0.15, 0.2) is 0 Å². The van der Waals surface area contributed by atoms with E-state index in [9.17, 15) is 4.79 Å². The summed E-state index contributed by atoms with van der Waals surface area (Å²) in [6.45, 7) is 0. The van der Waals surface area contributed by atoms with Gasteiger partial charge < -0.3 is 9.84 Å². The van der Waals surface area contributed by atoms with Crippen LogP contribution in [-0.4, -0.2) is 28.4 Å². The van der Waals surface area contributed by atoms with Crippen molar-refractivity contribution in [3.63, 3.8) is 0 Å². The molecule has 0 saturated carbocycles. The van der Waals surface area contributed by atoms with Gasteiger partial charge in [-0.25, -0.2) is 4.79 Å². The van der Waals surface area contributed by atoms with Gasteiger partial charge in [-0.1, -0.05) is 23.5 Å². The lowest BCUT2D eigenvalue weighted by Crippen LogP contribution is -1.93. The molecule has 1 aromatic carbocycles. The average Bonchev–Trinajstić information content (AvgIpc) is 2.78. The zero-order valence-corrected chi connectivity index (χ0v) is 9.19. The maximum absolute atomic E-state index is 10.7. The molecule has 0 unspecified atom stereocenters. The molecule has 0 spiro atoms. The minimum atomic E-state index is -1.06. The van der Waals surface area contributed by atoms with E-state index >= 15 is 0 Å². The summed E-state index contributed by atoms with van der Waals surface area (Å²) in [6, 6.07) is 7.24. The second-order valence-electron chi connectivity index (χ2n) is 2.95. The van der Waals surface area contributed by atoms with Gasteiger partial charge in [-0.2, -0.15) is 0 Å². The molecule has 0 amide bonds. The van der Waals surface area contributed by atoms with Gasteiger partial charge in [-0.3, -0.25) is 0 Å². The molecule has 2 aromatic rings. The molecule has 1 heterocycles. The molecule has 1 N–H and O–H groups in total. The molecule has 1 aromatic heterocycles. The topological polar surface area (TPSA) is 72.3 Å². The van der Waals surface area contributed by atoms with Crippen molar-refractivity contribution in [2.24, 2.45) is 0 Å². The van der Waals surface area contributed by atoms with E-state index in [1.165, 1.54) is 0 Å². The predicted molar refractivity (Wildman–Crippen MR) is 58.9 cm³/mol. The molecule has 0 atom stereocenters. The molecule has 2 rings (SSSR count). The van der Waals surface area contributed by atoms with Crippen LogP contribution >= 0.6 is 11.3 Å². The van der Waals surface area contributed by atoms with Crippen molar-refractivity contribution < 1.29 is 14.6 Å². The molecule has 0 aliphatic carbocycles. The highest BCUT2D eigenvalue weighted by molar-refractivity contribution is 7.16. The number of hydrogen-bond donors (Lipinski definition) is 1. The van der Waals surface area contributed by atoms with Crippen molar-refractivity contribution in [2.75, 3.05) is 7.11 Å². The van der Waals surface area contributed by atoms with Gasteiger partial charge in [0.1, 0.15) is 10.8 Å². The number of benzene rings is 1. The number of carbonyl (C=O) groups is 1. The van der Waals surface area contributed by atoms with Crippen LogP contribution in [0.3, 0.4) is 0 Å². The van der Waals surface area contributed by atoms with Crippen molar-refractivity contribution in [1.82, 2.24) is 10.2 Å². The quantitative estimate of drug-likeness (QED) is 0.881. The first-order valence-electron chi connectivity index (χ1n) is 4.42. The van der Waals surface area contributed by atoms with Crippen LogP contribution in [0.25, 0.3) is 10.6 Å². The lowest BCUT2D eigenvalue weighted by molar-refractivity contribution is 0.0695. The van der Waals surface area contributed by atoms with Crippen LogP contribution in [0.15, 0.2) is 24.3 Å². The Morgan fingerprint density at radius 1 is 1.44 bits per heavy atom. The van der Waals surface area contributed by atoms with Gasteiger partial charge in [0.25, 0.3) is 0 Å². The molecule has 0 aliphatic rings. The van der Waals surface area contributed by atoms with Crippen molar-refractivity contribution in [2.45, 2.75) is 0 Å². The van der Waals surface area contributed by atoms with Gasteiger partial charge in [-0.15, -0.1) is 10.2 Å². The van der Waals surface area contributed by atoms with E-state index in [1.54, 1.807) is 13.2 Å². The van der Waals surface area contributed by atoms with Crippen molar-refractivity contribution in [3.05, 3.63) is 29.3 Å². The number of methoxy groups -OCH3 is 1. The number of aromatic nitrogens is 2. The fraction of sp³-hybridized carbons (Fsp3) is 0.100.